The largest absolute Gasteiger partial charge is 0.480 e. The number of alkyl halides is 2. The number of likely N-dealkylation sites (N-methyl/N-ethyl adjacent to an activating group) is 1. The van der Waals surface area contributed by atoms with Crippen LogP contribution >= 0.6 is 0 Å². The molecule has 228 valence electrons. The van der Waals surface area contributed by atoms with Crippen LogP contribution in [0.4, 0.5) is 20.3 Å². The van der Waals surface area contributed by atoms with Gasteiger partial charge in [0.2, 0.25) is 5.88 Å². The maximum Gasteiger partial charge on any atom is 0.288 e. The fourth-order valence-corrected chi connectivity index (χ4v) is 6.06. The average Bonchev–Trinajstić information content (AvgIpc) is 3.95. The highest BCUT2D eigenvalue weighted by Gasteiger charge is 2.59. The van der Waals surface area contributed by atoms with E-state index in [4.69, 9.17) is 9.72 Å². The first-order valence-electron chi connectivity index (χ1n) is 14.9. The SMILES string of the molecule is COc1ncnc(C2CC2)c1-c1ncc2c(n1)N(Cc1ccc(-c3nc(C(C)(F)F)cn3C(C)C)cc1)C1(CC1)C(=O)N2C. The van der Waals surface area contributed by atoms with E-state index in [0.717, 1.165) is 49.4 Å². The number of benzene rings is 1. The molecule has 4 aromatic rings. The summed E-state index contributed by atoms with van der Waals surface area (Å²) in [5, 5.41) is 0. The van der Waals surface area contributed by atoms with Gasteiger partial charge in [0, 0.05) is 44.2 Å². The van der Waals surface area contributed by atoms with Gasteiger partial charge in [-0.05, 0) is 45.1 Å². The molecule has 10 nitrogen and oxygen atoms in total. The number of hydrogen-bond donors (Lipinski definition) is 0. The van der Waals surface area contributed by atoms with Crippen LogP contribution in [0.25, 0.3) is 22.8 Å². The van der Waals surface area contributed by atoms with E-state index in [1.807, 2.05) is 38.1 Å². The number of anilines is 2. The summed E-state index contributed by atoms with van der Waals surface area (Å²) in [6.07, 6.45) is 8.15. The number of fused-ring (bicyclic) bond motifs is 1. The minimum atomic E-state index is -3.04. The van der Waals surface area contributed by atoms with Crippen molar-refractivity contribution in [1.29, 1.82) is 0 Å². The van der Waals surface area contributed by atoms with E-state index in [2.05, 4.69) is 24.8 Å². The molecule has 2 fully saturated rings. The van der Waals surface area contributed by atoms with E-state index < -0.39 is 11.5 Å². The monoisotopic (exact) mass is 600 g/mol. The molecule has 7 rings (SSSR count). The first kappa shape index (κ1) is 28.3. The molecule has 12 heteroatoms. The minimum Gasteiger partial charge on any atom is -0.480 e. The molecule has 4 heterocycles. The van der Waals surface area contributed by atoms with Gasteiger partial charge >= 0.3 is 0 Å². The van der Waals surface area contributed by atoms with Crippen molar-refractivity contribution >= 4 is 17.4 Å². The van der Waals surface area contributed by atoms with Gasteiger partial charge in [-0.15, -0.1) is 0 Å². The number of halogens is 2. The molecule has 2 aliphatic carbocycles. The van der Waals surface area contributed by atoms with Gasteiger partial charge in [-0.2, -0.15) is 8.78 Å². The Morgan fingerprint density at radius 2 is 1.82 bits per heavy atom. The van der Waals surface area contributed by atoms with Crippen molar-refractivity contribution in [3.05, 3.63) is 59.9 Å². The van der Waals surface area contributed by atoms with Gasteiger partial charge in [-0.1, -0.05) is 24.3 Å². The molecule has 44 heavy (non-hydrogen) atoms. The summed E-state index contributed by atoms with van der Waals surface area (Å²) in [6, 6.07) is 7.66. The summed E-state index contributed by atoms with van der Waals surface area (Å²) in [6.45, 7) is 5.17. The lowest BCUT2D eigenvalue weighted by molar-refractivity contribution is -0.120. The summed E-state index contributed by atoms with van der Waals surface area (Å²) < 4.78 is 35.6. The van der Waals surface area contributed by atoms with Crippen molar-refractivity contribution in [2.24, 2.45) is 0 Å². The Morgan fingerprint density at radius 1 is 1.09 bits per heavy atom. The quantitative estimate of drug-likeness (QED) is 0.247. The van der Waals surface area contributed by atoms with Gasteiger partial charge in [0.15, 0.2) is 11.6 Å². The molecule has 3 aliphatic rings. The number of carbonyl (C=O) groups excluding carboxylic acids is 1. The number of rotatable bonds is 8. The molecule has 2 saturated carbocycles. The smallest absolute Gasteiger partial charge is 0.288 e. The van der Waals surface area contributed by atoms with Gasteiger partial charge < -0.3 is 19.1 Å². The van der Waals surface area contributed by atoms with E-state index in [-0.39, 0.29) is 17.6 Å². The number of nitrogens with zero attached hydrogens (tertiary/aromatic N) is 8. The predicted octanol–water partition coefficient (Wildman–Crippen LogP) is 5.89. The van der Waals surface area contributed by atoms with Crippen molar-refractivity contribution in [3.8, 4) is 28.7 Å². The first-order chi connectivity index (χ1) is 21.0. The molecule has 1 aliphatic heterocycles. The summed E-state index contributed by atoms with van der Waals surface area (Å²) in [4.78, 5) is 40.3. The zero-order chi connectivity index (χ0) is 31.0. The van der Waals surface area contributed by atoms with E-state index >= 15 is 0 Å². The summed E-state index contributed by atoms with van der Waals surface area (Å²) >= 11 is 0. The second kappa shape index (κ2) is 10.0. The number of amides is 1. The highest BCUT2D eigenvalue weighted by atomic mass is 19.3. The van der Waals surface area contributed by atoms with E-state index in [1.54, 1.807) is 29.8 Å². The Morgan fingerprint density at radius 3 is 2.43 bits per heavy atom. The van der Waals surface area contributed by atoms with Crippen LogP contribution < -0.4 is 14.5 Å². The number of methoxy groups -OCH3 is 1. The molecular weight excluding hydrogens is 566 g/mol. The molecule has 1 spiro atoms. The highest BCUT2D eigenvalue weighted by molar-refractivity contribution is 6.09. The molecule has 0 atom stereocenters. The summed E-state index contributed by atoms with van der Waals surface area (Å²) in [5.41, 5.74) is 2.94. The van der Waals surface area contributed by atoms with Crippen LogP contribution in [0.2, 0.25) is 0 Å². The second-order valence-corrected chi connectivity index (χ2v) is 12.3. The second-order valence-electron chi connectivity index (χ2n) is 12.3. The normalized spacial score (nSPS) is 17.4. The zero-order valence-corrected chi connectivity index (χ0v) is 25.4. The Kier molecular flexibility index (Phi) is 6.45. The number of carbonyl (C=O) groups is 1. The van der Waals surface area contributed by atoms with Gasteiger partial charge in [-0.25, -0.2) is 24.9 Å². The maximum absolute atomic E-state index is 14.1. The third kappa shape index (κ3) is 4.58. The first-order valence-corrected chi connectivity index (χ1v) is 14.9. The minimum absolute atomic E-state index is 0.0178. The topological polar surface area (TPSA) is 102 Å². The van der Waals surface area contributed by atoms with Crippen LogP contribution in [0.15, 0.2) is 43.0 Å². The Bertz CT molecular complexity index is 1760. The van der Waals surface area contributed by atoms with E-state index in [0.29, 0.717) is 47.1 Å². The molecule has 0 saturated heterocycles. The number of aromatic nitrogens is 6. The van der Waals surface area contributed by atoms with Crippen molar-refractivity contribution in [1.82, 2.24) is 29.5 Å². The number of imidazole rings is 1. The Labute approximate surface area is 254 Å². The van der Waals surface area contributed by atoms with Crippen LogP contribution in [-0.2, 0) is 17.3 Å². The fourth-order valence-electron chi connectivity index (χ4n) is 6.06. The zero-order valence-electron chi connectivity index (χ0n) is 25.4. The van der Waals surface area contributed by atoms with Crippen LogP contribution in [-0.4, -0.2) is 55.1 Å². The molecule has 1 amide bonds. The molecular formula is C32H34F2N8O2. The fraction of sp³-hybridized carbons (Fsp3) is 0.438. The lowest BCUT2D eigenvalue weighted by Gasteiger charge is -2.41. The Hall–Kier alpha value is -4.48. The van der Waals surface area contributed by atoms with Gasteiger partial charge in [0.25, 0.3) is 11.8 Å². The molecule has 1 aromatic carbocycles. The van der Waals surface area contributed by atoms with Gasteiger partial charge in [0.05, 0.1) is 19.0 Å². The molecule has 3 aromatic heterocycles. The van der Waals surface area contributed by atoms with Gasteiger partial charge in [0.1, 0.15) is 34.6 Å². The van der Waals surface area contributed by atoms with Crippen LogP contribution in [0.1, 0.15) is 75.4 Å². The highest BCUT2D eigenvalue weighted by Crippen LogP contribution is 2.52. The van der Waals surface area contributed by atoms with E-state index in [9.17, 15) is 13.6 Å². The van der Waals surface area contributed by atoms with Crippen molar-refractivity contribution in [3.63, 3.8) is 0 Å². The lowest BCUT2D eigenvalue weighted by Crippen LogP contribution is -2.54. The van der Waals surface area contributed by atoms with Crippen molar-refractivity contribution in [2.45, 2.75) is 76.4 Å². The average molecular weight is 601 g/mol. The standard InChI is InChI=1S/C32H34F2N8O2/c1-18(2)41-16-23(31(3,33)34)38-27(41)21-8-6-19(7-9-21)15-42-28-22(40(4)30(43)32(42)12-13-32)14-35-26(39-28)24-25(20-10-11-20)36-17-37-29(24)44-5/h6-9,14,16-18,20H,10-13,15H2,1-5H3. The molecule has 0 bridgehead atoms. The predicted molar refractivity (Wildman–Crippen MR) is 161 cm³/mol. The lowest BCUT2D eigenvalue weighted by atomic mass is 10.0. The molecule has 0 unspecified atom stereocenters. The molecule has 0 radical (unpaired) electrons. The molecule has 0 N–H and O–H groups in total. The Balaban J connectivity index is 1.27. The third-order valence-electron chi connectivity index (χ3n) is 8.82. The van der Waals surface area contributed by atoms with E-state index in [1.165, 1.54) is 12.5 Å². The maximum atomic E-state index is 14.1. The number of ether oxygens (including phenoxy) is 1. The van der Waals surface area contributed by atoms with Crippen LogP contribution in [0.3, 0.4) is 0 Å². The summed E-state index contributed by atoms with van der Waals surface area (Å²) in [5.74, 6) is -0.656. The van der Waals surface area contributed by atoms with Crippen molar-refractivity contribution < 1.29 is 18.3 Å². The van der Waals surface area contributed by atoms with Gasteiger partial charge in [-0.3, -0.25) is 4.79 Å². The van der Waals surface area contributed by atoms with Crippen LogP contribution in [0, 0.1) is 0 Å². The summed E-state index contributed by atoms with van der Waals surface area (Å²) in [7, 11) is 3.34. The van der Waals surface area contributed by atoms with Crippen molar-refractivity contribution in [2.75, 3.05) is 24.0 Å². The number of hydrogen-bond acceptors (Lipinski definition) is 8. The van der Waals surface area contributed by atoms with Crippen LogP contribution in [0.5, 0.6) is 5.88 Å². The third-order valence-corrected chi connectivity index (χ3v) is 8.82.